The predicted octanol–water partition coefficient (Wildman–Crippen LogP) is 4.11. The van der Waals surface area contributed by atoms with Crippen LogP contribution < -0.4 is 10.1 Å². The lowest BCUT2D eigenvalue weighted by molar-refractivity contribution is 0.336. The topological polar surface area (TPSA) is 21.3 Å². The number of benzene rings is 1. The summed E-state index contributed by atoms with van der Waals surface area (Å²) in [5.74, 6) is 3.54. The summed E-state index contributed by atoms with van der Waals surface area (Å²) in [5, 5.41) is 3.31. The molecule has 18 heavy (non-hydrogen) atoms. The fourth-order valence-electron chi connectivity index (χ4n) is 1.37. The highest BCUT2D eigenvalue weighted by atomic mass is 79.9. The zero-order valence-electron chi connectivity index (χ0n) is 10.8. The van der Waals surface area contributed by atoms with Gasteiger partial charge in [0.25, 0.3) is 0 Å². The second-order valence-corrected chi connectivity index (χ2v) is 6.15. The molecule has 4 heteroatoms. The molecule has 0 saturated heterocycles. The summed E-state index contributed by atoms with van der Waals surface area (Å²) in [5.41, 5.74) is 0.831. The number of hydrogen-bond donors (Lipinski definition) is 1. The standard InChI is InChI=1S/C14H17Br2NO/c1-5-14(3,4)17-9-10-7-11(15)13(18-6-2)12(16)8-10/h1,7-8,17H,6,9H2,2-4H3. The van der Waals surface area contributed by atoms with Crippen LogP contribution in [0.4, 0.5) is 0 Å². The number of terminal acetylenes is 1. The Morgan fingerprint density at radius 3 is 2.33 bits per heavy atom. The third kappa shape index (κ3) is 4.31. The second-order valence-electron chi connectivity index (χ2n) is 4.44. The molecule has 0 heterocycles. The molecular weight excluding hydrogens is 358 g/mol. The molecule has 0 saturated carbocycles. The number of ether oxygens (including phenoxy) is 1. The maximum absolute atomic E-state index is 5.54. The molecule has 0 aliphatic rings. The molecule has 2 nitrogen and oxygen atoms in total. The zero-order chi connectivity index (χ0) is 13.8. The molecule has 0 amide bonds. The van der Waals surface area contributed by atoms with Gasteiger partial charge in [0.1, 0.15) is 5.75 Å². The molecule has 98 valence electrons. The van der Waals surface area contributed by atoms with E-state index in [0.717, 1.165) is 20.3 Å². The average Bonchev–Trinajstić information content (AvgIpc) is 2.31. The van der Waals surface area contributed by atoms with Crippen LogP contribution in [0.15, 0.2) is 21.1 Å². The lowest BCUT2D eigenvalue weighted by Crippen LogP contribution is -2.36. The van der Waals surface area contributed by atoms with Crippen molar-refractivity contribution in [3.63, 3.8) is 0 Å². The van der Waals surface area contributed by atoms with Gasteiger partial charge in [-0.1, -0.05) is 5.92 Å². The molecule has 0 fully saturated rings. The van der Waals surface area contributed by atoms with Crippen molar-refractivity contribution in [3.8, 4) is 18.1 Å². The second kappa shape index (κ2) is 6.60. The first kappa shape index (κ1) is 15.6. The van der Waals surface area contributed by atoms with Crippen LogP contribution in [0.1, 0.15) is 26.3 Å². The number of rotatable bonds is 5. The van der Waals surface area contributed by atoms with E-state index < -0.39 is 0 Å². The van der Waals surface area contributed by atoms with Crippen molar-refractivity contribution in [1.29, 1.82) is 0 Å². The van der Waals surface area contributed by atoms with Crippen LogP contribution >= 0.6 is 31.9 Å². The van der Waals surface area contributed by atoms with E-state index in [0.29, 0.717) is 13.2 Å². The van der Waals surface area contributed by atoms with Crippen molar-refractivity contribution >= 4 is 31.9 Å². The highest BCUT2D eigenvalue weighted by molar-refractivity contribution is 9.11. The largest absolute Gasteiger partial charge is 0.492 e. The highest BCUT2D eigenvalue weighted by Gasteiger charge is 2.14. The van der Waals surface area contributed by atoms with Crippen LogP contribution in [-0.4, -0.2) is 12.1 Å². The molecule has 1 aromatic rings. The first-order valence-electron chi connectivity index (χ1n) is 5.73. The zero-order valence-corrected chi connectivity index (χ0v) is 14.0. The van der Waals surface area contributed by atoms with E-state index in [4.69, 9.17) is 11.2 Å². The molecule has 0 atom stereocenters. The van der Waals surface area contributed by atoms with Gasteiger partial charge in [-0.15, -0.1) is 6.42 Å². The van der Waals surface area contributed by atoms with Gasteiger partial charge in [-0.25, -0.2) is 0 Å². The third-order valence-electron chi connectivity index (χ3n) is 2.44. The van der Waals surface area contributed by atoms with Gasteiger partial charge in [0.05, 0.1) is 21.1 Å². The van der Waals surface area contributed by atoms with Gasteiger partial charge in [0.15, 0.2) is 0 Å². The fourth-order valence-corrected chi connectivity index (χ4v) is 2.88. The maximum Gasteiger partial charge on any atom is 0.147 e. The summed E-state index contributed by atoms with van der Waals surface area (Å²) in [7, 11) is 0. The molecule has 0 radical (unpaired) electrons. The van der Waals surface area contributed by atoms with E-state index >= 15 is 0 Å². The summed E-state index contributed by atoms with van der Waals surface area (Å²) < 4.78 is 7.42. The summed E-state index contributed by atoms with van der Waals surface area (Å²) in [6.07, 6.45) is 5.44. The first-order valence-corrected chi connectivity index (χ1v) is 7.31. The van der Waals surface area contributed by atoms with Crippen LogP contribution in [0, 0.1) is 12.3 Å². The van der Waals surface area contributed by atoms with Crippen LogP contribution in [-0.2, 0) is 6.54 Å². The molecule has 0 spiro atoms. The highest BCUT2D eigenvalue weighted by Crippen LogP contribution is 2.34. The van der Waals surface area contributed by atoms with E-state index in [1.165, 1.54) is 0 Å². The lowest BCUT2D eigenvalue weighted by atomic mass is 10.1. The summed E-state index contributed by atoms with van der Waals surface area (Å²) in [6, 6.07) is 4.07. The summed E-state index contributed by atoms with van der Waals surface area (Å²) >= 11 is 7.03. The number of nitrogens with one attached hydrogen (secondary N) is 1. The molecule has 1 N–H and O–H groups in total. The maximum atomic E-state index is 5.54. The Morgan fingerprint density at radius 1 is 1.33 bits per heavy atom. The van der Waals surface area contributed by atoms with Crippen LogP contribution in [0.2, 0.25) is 0 Å². The molecule has 0 aliphatic carbocycles. The van der Waals surface area contributed by atoms with Crippen LogP contribution in [0.3, 0.4) is 0 Å². The first-order chi connectivity index (χ1) is 8.39. The lowest BCUT2D eigenvalue weighted by Gasteiger charge is -2.20. The van der Waals surface area contributed by atoms with Gasteiger partial charge in [-0.2, -0.15) is 0 Å². The summed E-state index contributed by atoms with van der Waals surface area (Å²) in [4.78, 5) is 0. The van der Waals surface area contributed by atoms with Gasteiger partial charge in [-0.3, -0.25) is 5.32 Å². The molecule has 0 aromatic heterocycles. The fraction of sp³-hybridized carbons (Fsp3) is 0.429. The minimum absolute atomic E-state index is 0.308. The Kier molecular flexibility index (Phi) is 5.71. The Morgan fingerprint density at radius 2 is 1.89 bits per heavy atom. The van der Waals surface area contributed by atoms with Gasteiger partial charge in [0.2, 0.25) is 0 Å². The Labute approximate surface area is 126 Å². The van der Waals surface area contributed by atoms with E-state index in [-0.39, 0.29) is 5.54 Å². The van der Waals surface area contributed by atoms with Crippen molar-refractivity contribution in [2.45, 2.75) is 32.9 Å². The smallest absolute Gasteiger partial charge is 0.147 e. The van der Waals surface area contributed by atoms with Crippen LogP contribution in [0.5, 0.6) is 5.75 Å². The van der Waals surface area contributed by atoms with Gasteiger partial charge in [-0.05, 0) is 70.3 Å². The molecule has 1 aromatic carbocycles. The minimum atomic E-state index is -0.308. The van der Waals surface area contributed by atoms with Crippen molar-refractivity contribution in [3.05, 3.63) is 26.6 Å². The molecule has 0 aliphatic heterocycles. The molecular formula is C14H17Br2NO. The normalized spacial score (nSPS) is 11.1. The molecule has 1 rings (SSSR count). The molecule has 0 bridgehead atoms. The van der Waals surface area contributed by atoms with E-state index in [9.17, 15) is 0 Å². The minimum Gasteiger partial charge on any atom is -0.492 e. The molecule has 0 unspecified atom stereocenters. The van der Waals surface area contributed by atoms with Crippen molar-refractivity contribution in [2.24, 2.45) is 0 Å². The van der Waals surface area contributed by atoms with E-state index in [1.54, 1.807) is 0 Å². The van der Waals surface area contributed by atoms with Gasteiger partial charge in [0, 0.05) is 6.54 Å². The van der Waals surface area contributed by atoms with Crippen molar-refractivity contribution in [1.82, 2.24) is 5.32 Å². The third-order valence-corrected chi connectivity index (χ3v) is 3.62. The van der Waals surface area contributed by atoms with Crippen LogP contribution in [0.25, 0.3) is 0 Å². The SMILES string of the molecule is C#CC(C)(C)NCc1cc(Br)c(OCC)c(Br)c1. The average molecular weight is 375 g/mol. The number of hydrogen-bond acceptors (Lipinski definition) is 2. The monoisotopic (exact) mass is 373 g/mol. The van der Waals surface area contributed by atoms with E-state index in [2.05, 4.69) is 43.1 Å². The Balaban J connectivity index is 2.84. The summed E-state index contributed by atoms with van der Waals surface area (Å²) in [6.45, 7) is 7.26. The van der Waals surface area contributed by atoms with Gasteiger partial charge < -0.3 is 4.74 Å². The van der Waals surface area contributed by atoms with Crippen molar-refractivity contribution < 1.29 is 4.74 Å². The van der Waals surface area contributed by atoms with Crippen molar-refractivity contribution in [2.75, 3.05) is 6.61 Å². The predicted molar refractivity (Wildman–Crippen MR) is 82.8 cm³/mol. The van der Waals surface area contributed by atoms with Gasteiger partial charge >= 0.3 is 0 Å². The Bertz CT molecular complexity index is 440. The van der Waals surface area contributed by atoms with E-state index in [1.807, 2.05) is 32.9 Å². The number of halogens is 2. The quantitative estimate of drug-likeness (QED) is 0.783. The Hall–Kier alpha value is -0.500.